The van der Waals surface area contributed by atoms with Crippen LogP contribution >= 0.6 is 11.6 Å². The highest BCUT2D eigenvalue weighted by Gasteiger charge is 2.27. The molecule has 0 fully saturated rings. The van der Waals surface area contributed by atoms with Crippen molar-refractivity contribution >= 4 is 17.3 Å². The van der Waals surface area contributed by atoms with Gasteiger partial charge in [-0.15, -0.1) is 0 Å². The maximum Gasteiger partial charge on any atom is 0.287 e. The quantitative estimate of drug-likeness (QED) is 0.804. The van der Waals surface area contributed by atoms with Crippen molar-refractivity contribution in [2.75, 3.05) is 18.5 Å². The number of rotatable bonds is 7. The number of anilines is 1. The second-order valence-corrected chi connectivity index (χ2v) is 4.50. The predicted molar refractivity (Wildman–Crippen MR) is 68.9 cm³/mol. The van der Waals surface area contributed by atoms with Crippen LogP contribution in [0.15, 0.2) is 11.0 Å². The molecule has 0 aliphatic heterocycles. The molecule has 0 aliphatic carbocycles. The van der Waals surface area contributed by atoms with Gasteiger partial charge in [0.1, 0.15) is 11.6 Å². The van der Waals surface area contributed by atoms with Crippen LogP contribution in [0, 0.1) is 0 Å². The van der Waals surface area contributed by atoms with Gasteiger partial charge in [0.15, 0.2) is 0 Å². The predicted octanol–water partition coefficient (Wildman–Crippen LogP) is 1.74. The summed E-state index contributed by atoms with van der Waals surface area (Å²) in [4.78, 5) is 11.8. The lowest BCUT2D eigenvalue weighted by molar-refractivity contribution is -0.0372. The minimum atomic E-state index is -3.28. The molecule has 5 nitrogen and oxygen atoms in total. The Morgan fingerprint density at radius 2 is 2.26 bits per heavy atom. The zero-order valence-electron chi connectivity index (χ0n) is 10.5. The highest BCUT2D eigenvalue weighted by atomic mass is 35.5. The molecule has 2 N–H and O–H groups in total. The Morgan fingerprint density at radius 3 is 2.84 bits per heavy atom. The van der Waals surface area contributed by atoms with E-state index in [1.54, 1.807) is 0 Å². The van der Waals surface area contributed by atoms with Crippen molar-refractivity contribution < 1.29 is 13.9 Å². The van der Waals surface area contributed by atoms with Crippen LogP contribution in [-0.2, 0) is 6.54 Å². The number of alkyl halides is 2. The minimum Gasteiger partial charge on any atom is -0.390 e. The third-order valence-corrected chi connectivity index (χ3v) is 2.84. The summed E-state index contributed by atoms with van der Waals surface area (Å²) < 4.78 is 26.9. The summed E-state index contributed by atoms with van der Waals surface area (Å²) in [5.41, 5.74) is -0.486. The van der Waals surface area contributed by atoms with Gasteiger partial charge >= 0.3 is 0 Å². The van der Waals surface area contributed by atoms with E-state index in [-0.39, 0.29) is 10.7 Å². The first kappa shape index (κ1) is 15.8. The van der Waals surface area contributed by atoms with E-state index in [4.69, 9.17) is 16.7 Å². The molecule has 0 bridgehead atoms. The van der Waals surface area contributed by atoms with Gasteiger partial charge in [-0.25, -0.2) is 13.5 Å². The van der Waals surface area contributed by atoms with Gasteiger partial charge in [-0.3, -0.25) is 4.79 Å². The van der Waals surface area contributed by atoms with Crippen molar-refractivity contribution in [2.45, 2.75) is 32.2 Å². The Hall–Kier alpha value is -1.21. The molecule has 0 radical (unpaired) electrons. The molecule has 8 heteroatoms. The molecule has 0 aromatic carbocycles. The average molecular weight is 296 g/mol. The third-order valence-electron chi connectivity index (χ3n) is 2.48. The number of halogens is 3. The van der Waals surface area contributed by atoms with Crippen molar-refractivity contribution in [3.63, 3.8) is 0 Å². The van der Waals surface area contributed by atoms with Gasteiger partial charge in [0.2, 0.25) is 0 Å². The summed E-state index contributed by atoms with van der Waals surface area (Å²) in [5.74, 6) is -3.28. The van der Waals surface area contributed by atoms with E-state index in [0.29, 0.717) is 6.54 Å². The summed E-state index contributed by atoms with van der Waals surface area (Å²) in [6.45, 7) is 0.309. The molecule has 108 valence electrons. The van der Waals surface area contributed by atoms with Crippen LogP contribution in [0.3, 0.4) is 0 Å². The van der Waals surface area contributed by atoms with E-state index in [1.807, 2.05) is 6.92 Å². The maximum atomic E-state index is 12.9. The molecule has 0 aliphatic rings. The first-order valence-electron chi connectivity index (χ1n) is 5.89. The number of aryl methyl sites for hydroxylation is 1. The number of aliphatic hydroxyl groups excluding tert-OH is 1. The zero-order chi connectivity index (χ0) is 14.5. The molecule has 0 spiro atoms. The SMILES string of the molecule is CCCCn1ncc(NCC(F)(F)CO)c(Cl)c1=O. The lowest BCUT2D eigenvalue weighted by Gasteiger charge is -2.15. The highest BCUT2D eigenvalue weighted by Crippen LogP contribution is 2.18. The summed E-state index contributed by atoms with van der Waals surface area (Å²) >= 11 is 5.81. The maximum absolute atomic E-state index is 12.9. The normalized spacial score (nSPS) is 11.6. The molecule has 1 rings (SSSR count). The first-order valence-corrected chi connectivity index (χ1v) is 6.27. The monoisotopic (exact) mass is 295 g/mol. The molecular formula is C11H16ClF2N3O2. The van der Waals surface area contributed by atoms with Crippen molar-refractivity contribution in [1.29, 1.82) is 0 Å². The molecule has 0 saturated heterocycles. The Balaban J connectivity index is 2.82. The molecule has 0 saturated carbocycles. The molecule has 0 atom stereocenters. The second-order valence-electron chi connectivity index (χ2n) is 4.12. The number of aromatic nitrogens is 2. The number of nitrogens with one attached hydrogen (secondary N) is 1. The number of aliphatic hydroxyl groups is 1. The Bertz CT molecular complexity index is 479. The number of nitrogens with zero attached hydrogens (tertiary/aromatic N) is 2. The third kappa shape index (κ3) is 4.43. The van der Waals surface area contributed by atoms with Crippen molar-refractivity contribution in [2.24, 2.45) is 0 Å². The molecular weight excluding hydrogens is 280 g/mol. The van der Waals surface area contributed by atoms with Crippen LogP contribution in [0.2, 0.25) is 5.02 Å². The smallest absolute Gasteiger partial charge is 0.287 e. The van der Waals surface area contributed by atoms with Crippen LogP contribution in [0.5, 0.6) is 0 Å². The van der Waals surface area contributed by atoms with Gasteiger partial charge in [0, 0.05) is 6.54 Å². The largest absolute Gasteiger partial charge is 0.390 e. The summed E-state index contributed by atoms with van der Waals surface area (Å²) in [6, 6.07) is 0. The Kier molecular flexibility index (Phi) is 5.68. The van der Waals surface area contributed by atoms with E-state index >= 15 is 0 Å². The van der Waals surface area contributed by atoms with Crippen LogP contribution in [0.1, 0.15) is 19.8 Å². The first-order chi connectivity index (χ1) is 8.91. The van der Waals surface area contributed by atoms with Gasteiger partial charge in [-0.05, 0) is 6.42 Å². The van der Waals surface area contributed by atoms with Crippen molar-refractivity contribution in [3.05, 3.63) is 21.6 Å². The van der Waals surface area contributed by atoms with E-state index in [1.165, 1.54) is 10.9 Å². The fourth-order valence-corrected chi connectivity index (χ4v) is 1.55. The number of hydrogen-bond acceptors (Lipinski definition) is 4. The fourth-order valence-electron chi connectivity index (χ4n) is 1.34. The number of unbranched alkanes of at least 4 members (excludes halogenated alkanes) is 1. The van der Waals surface area contributed by atoms with Crippen LogP contribution in [0.4, 0.5) is 14.5 Å². The van der Waals surface area contributed by atoms with Crippen LogP contribution in [-0.4, -0.2) is 34.0 Å². The van der Waals surface area contributed by atoms with E-state index < -0.39 is 24.6 Å². The average Bonchev–Trinajstić information content (AvgIpc) is 2.39. The Morgan fingerprint density at radius 1 is 1.58 bits per heavy atom. The van der Waals surface area contributed by atoms with Gasteiger partial charge in [-0.1, -0.05) is 24.9 Å². The molecule has 0 amide bonds. The van der Waals surface area contributed by atoms with E-state index in [0.717, 1.165) is 12.8 Å². The topological polar surface area (TPSA) is 67.2 Å². The molecule has 1 aromatic heterocycles. The van der Waals surface area contributed by atoms with Gasteiger partial charge in [0.05, 0.1) is 18.4 Å². The van der Waals surface area contributed by atoms with Crippen molar-refractivity contribution in [1.82, 2.24) is 9.78 Å². The van der Waals surface area contributed by atoms with Gasteiger partial charge in [-0.2, -0.15) is 5.10 Å². The van der Waals surface area contributed by atoms with Crippen LogP contribution in [0.25, 0.3) is 0 Å². The lowest BCUT2D eigenvalue weighted by atomic mass is 10.3. The molecule has 19 heavy (non-hydrogen) atoms. The molecule has 1 aromatic rings. The van der Waals surface area contributed by atoms with Crippen molar-refractivity contribution in [3.8, 4) is 0 Å². The van der Waals surface area contributed by atoms with Gasteiger partial charge in [0.25, 0.3) is 11.5 Å². The molecule has 1 heterocycles. The molecule has 0 unspecified atom stereocenters. The zero-order valence-corrected chi connectivity index (χ0v) is 11.3. The second kappa shape index (κ2) is 6.81. The Labute approximate surface area is 114 Å². The minimum absolute atomic E-state index is 0.0348. The van der Waals surface area contributed by atoms with E-state index in [9.17, 15) is 13.6 Å². The van der Waals surface area contributed by atoms with Gasteiger partial charge < -0.3 is 10.4 Å². The van der Waals surface area contributed by atoms with Crippen LogP contribution < -0.4 is 10.9 Å². The standard InChI is InChI=1S/C11H16ClF2N3O2/c1-2-3-4-17-10(19)9(12)8(5-16-17)15-6-11(13,14)7-18/h5,15,18H,2-4,6-7H2,1H3. The van der Waals surface area contributed by atoms with E-state index in [2.05, 4.69) is 10.4 Å². The summed E-state index contributed by atoms with van der Waals surface area (Å²) in [6.07, 6.45) is 2.90. The lowest BCUT2D eigenvalue weighted by Crippen LogP contribution is -2.32. The fraction of sp³-hybridized carbons (Fsp3) is 0.636. The summed E-state index contributed by atoms with van der Waals surface area (Å²) in [5, 5.41) is 14.4. The number of hydrogen-bond donors (Lipinski definition) is 2. The highest BCUT2D eigenvalue weighted by molar-refractivity contribution is 6.32. The summed E-state index contributed by atoms with van der Waals surface area (Å²) in [7, 11) is 0.